The second kappa shape index (κ2) is 8.75. The van der Waals surface area contributed by atoms with Gasteiger partial charge in [-0.2, -0.15) is 0 Å². The summed E-state index contributed by atoms with van der Waals surface area (Å²) in [5.41, 5.74) is 6.79. The summed E-state index contributed by atoms with van der Waals surface area (Å²) >= 11 is 5.84. The van der Waals surface area contributed by atoms with Crippen LogP contribution in [-0.2, 0) is 6.54 Å². The van der Waals surface area contributed by atoms with Gasteiger partial charge < -0.3 is 14.8 Å². The van der Waals surface area contributed by atoms with Crippen molar-refractivity contribution in [2.45, 2.75) is 39.4 Å². The minimum Gasteiger partial charge on any atom is -0.352 e. The molecule has 1 N–H and O–H groups in total. The Kier molecular flexibility index (Phi) is 5.64. The van der Waals surface area contributed by atoms with Crippen molar-refractivity contribution in [3.05, 3.63) is 107 Å². The highest BCUT2D eigenvalue weighted by atomic mass is 32.1. The molecule has 0 spiro atoms. The first-order chi connectivity index (χ1) is 16.0. The Morgan fingerprint density at radius 2 is 1.79 bits per heavy atom. The maximum absolute atomic E-state index is 5.84. The van der Waals surface area contributed by atoms with Gasteiger partial charge in [-0.1, -0.05) is 12.1 Å². The summed E-state index contributed by atoms with van der Waals surface area (Å²) in [5.74, 6) is 0.922. The first-order valence-electron chi connectivity index (χ1n) is 11.0. The second-order valence-corrected chi connectivity index (χ2v) is 8.85. The minimum absolute atomic E-state index is 0.00837. The van der Waals surface area contributed by atoms with Gasteiger partial charge in [-0.25, -0.2) is 4.98 Å². The standard InChI is InChI=1S/C26H26N6S/c1-17-7-8-23(29-15-17)32-18(2)14-21(19(32)3)25-24(22-6-4-5-11-28-22)30-26(33)31(25)16-20-9-12-27-13-10-20/h4-15,24-25H,16H2,1-3H3,(H,30,33)/t24-,25+/m0/s1. The highest BCUT2D eigenvalue weighted by molar-refractivity contribution is 7.80. The van der Waals surface area contributed by atoms with E-state index in [-0.39, 0.29) is 12.1 Å². The van der Waals surface area contributed by atoms with E-state index in [0.717, 1.165) is 39.1 Å². The monoisotopic (exact) mass is 454 g/mol. The third-order valence-electron chi connectivity index (χ3n) is 6.21. The van der Waals surface area contributed by atoms with E-state index < -0.39 is 0 Å². The molecular weight excluding hydrogens is 428 g/mol. The Hall–Kier alpha value is -3.58. The summed E-state index contributed by atoms with van der Waals surface area (Å²) in [5, 5.41) is 4.27. The predicted molar refractivity (Wildman–Crippen MR) is 133 cm³/mol. The number of hydrogen-bond acceptors (Lipinski definition) is 4. The van der Waals surface area contributed by atoms with E-state index in [4.69, 9.17) is 12.2 Å². The number of thiocarbonyl (C=S) groups is 1. The van der Waals surface area contributed by atoms with Crippen molar-refractivity contribution in [2.75, 3.05) is 0 Å². The van der Waals surface area contributed by atoms with Gasteiger partial charge in [0.2, 0.25) is 0 Å². The van der Waals surface area contributed by atoms with Gasteiger partial charge in [0, 0.05) is 42.7 Å². The van der Waals surface area contributed by atoms with Gasteiger partial charge in [0.25, 0.3) is 0 Å². The molecule has 33 heavy (non-hydrogen) atoms. The van der Waals surface area contributed by atoms with E-state index >= 15 is 0 Å². The maximum Gasteiger partial charge on any atom is 0.170 e. The minimum atomic E-state index is -0.0551. The Labute approximate surface area is 199 Å². The summed E-state index contributed by atoms with van der Waals surface area (Å²) in [7, 11) is 0. The molecule has 0 saturated carbocycles. The molecule has 0 bridgehead atoms. The molecule has 7 heteroatoms. The molecule has 1 fully saturated rings. The van der Waals surface area contributed by atoms with Crippen molar-refractivity contribution >= 4 is 17.3 Å². The molecule has 6 nitrogen and oxygen atoms in total. The van der Waals surface area contributed by atoms with E-state index in [1.807, 2.05) is 49.1 Å². The average molecular weight is 455 g/mol. The lowest BCUT2D eigenvalue weighted by Crippen LogP contribution is -2.29. The number of rotatable bonds is 5. The van der Waals surface area contributed by atoms with Gasteiger partial charge in [-0.05, 0) is 86.1 Å². The molecule has 4 aromatic heterocycles. The maximum atomic E-state index is 5.84. The molecule has 5 heterocycles. The van der Waals surface area contributed by atoms with E-state index in [9.17, 15) is 0 Å². The van der Waals surface area contributed by atoms with Crippen LogP contribution < -0.4 is 5.32 Å². The molecule has 166 valence electrons. The third-order valence-corrected chi connectivity index (χ3v) is 6.57. The highest BCUT2D eigenvalue weighted by Gasteiger charge is 2.41. The molecule has 1 aliphatic rings. The molecule has 0 unspecified atom stereocenters. The summed E-state index contributed by atoms with van der Waals surface area (Å²) in [6.07, 6.45) is 7.39. The van der Waals surface area contributed by atoms with Gasteiger partial charge >= 0.3 is 0 Å². The van der Waals surface area contributed by atoms with Crippen LogP contribution in [0.3, 0.4) is 0 Å². The fourth-order valence-electron chi connectivity index (χ4n) is 4.63. The van der Waals surface area contributed by atoms with Crippen molar-refractivity contribution in [3.8, 4) is 5.82 Å². The summed E-state index contributed by atoms with van der Waals surface area (Å²) in [4.78, 5) is 15.8. The van der Waals surface area contributed by atoms with E-state index in [2.05, 4.69) is 74.8 Å². The lowest BCUT2D eigenvalue weighted by molar-refractivity contribution is 0.310. The molecule has 2 atom stereocenters. The van der Waals surface area contributed by atoms with Crippen LogP contribution >= 0.6 is 12.2 Å². The van der Waals surface area contributed by atoms with Gasteiger partial charge in [-0.3, -0.25) is 9.97 Å². The lowest BCUT2D eigenvalue weighted by atomic mass is 9.96. The number of hydrogen-bond donors (Lipinski definition) is 1. The summed E-state index contributed by atoms with van der Waals surface area (Å²) < 4.78 is 2.22. The Balaban J connectivity index is 1.61. The number of nitrogens with zero attached hydrogens (tertiary/aromatic N) is 5. The Morgan fingerprint density at radius 3 is 2.48 bits per heavy atom. The van der Waals surface area contributed by atoms with Crippen LogP contribution in [0.4, 0.5) is 0 Å². The molecule has 0 radical (unpaired) electrons. The molecule has 1 aliphatic heterocycles. The molecule has 0 aromatic carbocycles. The zero-order chi connectivity index (χ0) is 22.9. The Morgan fingerprint density at radius 1 is 0.970 bits per heavy atom. The second-order valence-electron chi connectivity index (χ2n) is 8.47. The molecular formula is C26H26N6S. The SMILES string of the molecule is Cc1ccc(-n2c(C)cc([C@@H]3[C@H](c4ccccn4)NC(=S)N3Cc3ccncc3)c2C)nc1. The number of aryl methyl sites for hydroxylation is 2. The van der Waals surface area contributed by atoms with Gasteiger partial charge in [0.15, 0.2) is 5.11 Å². The Bertz CT molecular complexity index is 1270. The van der Waals surface area contributed by atoms with Crippen LogP contribution in [0, 0.1) is 20.8 Å². The van der Waals surface area contributed by atoms with Crippen molar-refractivity contribution in [1.82, 2.24) is 29.7 Å². The van der Waals surface area contributed by atoms with Crippen molar-refractivity contribution in [2.24, 2.45) is 0 Å². The fourth-order valence-corrected chi connectivity index (χ4v) is 4.94. The van der Waals surface area contributed by atoms with E-state index in [1.165, 1.54) is 5.56 Å². The predicted octanol–water partition coefficient (Wildman–Crippen LogP) is 4.76. The van der Waals surface area contributed by atoms with Crippen LogP contribution in [0.1, 0.15) is 45.9 Å². The zero-order valence-electron chi connectivity index (χ0n) is 18.9. The summed E-state index contributed by atoms with van der Waals surface area (Å²) in [6, 6.07) is 16.5. The third kappa shape index (κ3) is 4.00. The van der Waals surface area contributed by atoms with Crippen LogP contribution in [0.25, 0.3) is 5.82 Å². The van der Waals surface area contributed by atoms with Gasteiger partial charge in [-0.15, -0.1) is 0 Å². The molecule has 4 aromatic rings. The number of pyridine rings is 3. The molecule has 5 rings (SSSR count). The van der Waals surface area contributed by atoms with E-state index in [0.29, 0.717) is 6.54 Å². The lowest BCUT2D eigenvalue weighted by Gasteiger charge is -2.28. The van der Waals surface area contributed by atoms with Crippen LogP contribution in [0.15, 0.2) is 73.3 Å². The normalized spacial score (nSPS) is 17.9. The fraction of sp³-hybridized carbons (Fsp3) is 0.231. The quantitative estimate of drug-likeness (QED) is 0.439. The highest BCUT2D eigenvalue weighted by Crippen LogP contribution is 2.42. The van der Waals surface area contributed by atoms with Crippen molar-refractivity contribution in [3.63, 3.8) is 0 Å². The molecule has 0 amide bonds. The van der Waals surface area contributed by atoms with Crippen molar-refractivity contribution < 1.29 is 0 Å². The van der Waals surface area contributed by atoms with Crippen LogP contribution in [0.5, 0.6) is 0 Å². The number of aromatic nitrogens is 4. The average Bonchev–Trinajstić information content (AvgIpc) is 3.31. The van der Waals surface area contributed by atoms with Crippen LogP contribution in [-0.4, -0.2) is 29.5 Å². The van der Waals surface area contributed by atoms with Gasteiger partial charge in [0.05, 0.1) is 17.8 Å². The van der Waals surface area contributed by atoms with Crippen LogP contribution in [0.2, 0.25) is 0 Å². The van der Waals surface area contributed by atoms with E-state index in [1.54, 1.807) is 0 Å². The summed E-state index contributed by atoms with van der Waals surface area (Å²) in [6.45, 7) is 7.03. The first-order valence-corrected chi connectivity index (χ1v) is 11.4. The molecule has 0 aliphatic carbocycles. The van der Waals surface area contributed by atoms with Gasteiger partial charge in [0.1, 0.15) is 5.82 Å². The zero-order valence-corrected chi connectivity index (χ0v) is 19.8. The first kappa shape index (κ1) is 21.3. The topological polar surface area (TPSA) is 58.9 Å². The largest absolute Gasteiger partial charge is 0.352 e. The van der Waals surface area contributed by atoms with Crippen molar-refractivity contribution in [1.29, 1.82) is 0 Å². The molecule has 1 saturated heterocycles. The number of nitrogens with one attached hydrogen (secondary N) is 1. The smallest absolute Gasteiger partial charge is 0.170 e.